The fourth-order valence-corrected chi connectivity index (χ4v) is 2.16. The van der Waals surface area contributed by atoms with Gasteiger partial charge in [-0.1, -0.05) is 0 Å². The van der Waals surface area contributed by atoms with Crippen molar-refractivity contribution >= 4 is 11.2 Å². The van der Waals surface area contributed by atoms with Gasteiger partial charge in [0.2, 0.25) is 0 Å². The summed E-state index contributed by atoms with van der Waals surface area (Å²) in [6.45, 7) is -0.178. The molecule has 0 spiro atoms. The van der Waals surface area contributed by atoms with Crippen molar-refractivity contribution in [2.24, 2.45) is 0 Å². The van der Waals surface area contributed by atoms with Crippen LogP contribution in [0.4, 0.5) is 0 Å². The predicted molar refractivity (Wildman–Crippen MR) is 59.1 cm³/mol. The van der Waals surface area contributed by atoms with E-state index in [1.165, 1.54) is 0 Å². The van der Waals surface area contributed by atoms with Crippen LogP contribution in [-0.2, 0) is 4.74 Å². The SMILES string of the molecule is OC[C@H]1O[C@@H](n2ccc3nccnc32)C[C@@H]1O. The Morgan fingerprint density at radius 2 is 2.24 bits per heavy atom. The molecule has 1 aliphatic rings. The number of aliphatic hydroxyl groups excluding tert-OH is 2. The zero-order valence-corrected chi connectivity index (χ0v) is 9.10. The second-order valence-electron chi connectivity index (χ2n) is 4.10. The molecule has 3 rings (SSSR count). The van der Waals surface area contributed by atoms with Crippen LogP contribution in [0.5, 0.6) is 0 Å². The van der Waals surface area contributed by atoms with Crippen LogP contribution in [0.15, 0.2) is 24.7 Å². The van der Waals surface area contributed by atoms with E-state index in [0.717, 1.165) is 11.2 Å². The highest BCUT2D eigenvalue weighted by Gasteiger charge is 2.34. The molecular formula is C11H13N3O3. The van der Waals surface area contributed by atoms with Crippen molar-refractivity contribution in [3.05, 3.63) is 24.7 Å². The minimum absolute atomic E-state index is 0.178. The van der Waals surface area contributed by atoms with E-state index in [0.29, 0.717) is 6.42 Å². The van der Waals surface area contributed by atoms with Crippen molar-refractivity contribution in [3.8, 4) is 0 Å². The van der Waals surface area contributed by atoms with E-state index in [1.54, 1.807) is 12.4 Å². The van der Waals surface area contributed by atoms with Crippen LogP contribution in [0.1, 0.15) is 12.6 Å². The molecule has 1 aliphatic heterocycles. The zero-order valence-electron chi connectivity index (χ0n) is 9.10. The molecule has 3 atom stereocenters. The molecule has 0 aliphatic carbocycles. The summed E-state index contributed by atoms with van der Waals surface area (Å²) in [6, 6.07) is 1.85. The smallest absolute Gasteiger partial charge is 0.160 e. The first kappa shape index (κ1) is 10.6. The average molecular weight is 235 g/mol. The molecule has 0 aromatic carbocycles. The van der Waals surface area contributed by atoms with Crippen LogP contribution < -0.4 is 0 Å². The van der Waals surface area contributed by atoms with Gasteiger partial charge in [0.25, 0.3) is 0 Å². The van der Waals surface area contributed by atoms with Crippen LogP contribution in [0.3, 0.4) is 0 Å². The van der Waals surface area contributed by atoms with Gasteiger partial charge < -0.3 is 19.5 Å². The molecule has 1 saturated heterocycles. The van der Waals surface area contributed by atoms with Gasteiger partial charge in [-0.05, 0) is 6.07 Å². The standard InChI is InChI=1S/C11H13N3O3/c15-6-9-8(16)5-10(17-9)14-4-1-7-11(14)13-3-2-12-7/h1-4,8-10,15-16H,5-6H2/t8-,9+,10+/m0/s1. The summed E-state index contributed by atoms with van der Waals surface area (Å²) >= 11 is 0. The van der Waals surface area contributed by atoms with Crippen molar-refractivity contribution < 1.29 is 14.9 Å². The first-order valence-corrected chi connectivity index (χ1v) is 5.51. The van der Waals surface area contributed by atoms with Crippen LogP contribution in [0, 0.1) is 0 Å². The van der Waals surface area contributed by atoms with Gasteiger partial charge in [0.05, 0.1) is 12.7 Å². The number of rotatable bonds is 2. The average Bonchev–Trinajstić information content (AvgIpc) is 2.92. The van der Waals surface area contributed by atoms with E-state index >= 15 is 0 Å². The summed E-state index contributed by atoms with van der Waals surface area (Å²) in [4.78, 5) is 8.42. The van der Waals surface area contributed by atoms with Crippen LogP contribution in [0.2, 0.25) is 0 Å². The maximum atomic E-state index is 9.70. The van der Waals surface area contributed by atoms with E-state index in [9.17, 15) is 5.11 Å². The number of nitrogens with zero attached hydrogens (tertiary/aromatic N) is 3. The Bertz CT molecular complexity index is 527. The van der Waals surface area contributed by atoms with Crippen molar-refractivity contribution in [3.63, 3.8) is 0 Å². The lowest BCUT2D eigenvalue weighted by Gasteiger charge is -2.13. The maximum absolute atomic E-state index is 9.70. The highest BCUT2D eigenvalue weighted by Crippen LogP contribution is 2.30. The third kappa shape index (κ3) is 1.70. The lowest BCUT2D eigenvalue weighted by Crippen LogP contribution is -2.24. The van der Waals surface area contributed by atoms with E-state index in [4.69, 9.17) is 9.84 Å². The van der Waals surface area contributed by atoms with Crippen molar-refractivity contribution in [1.82, 2.24) is 14.5 Å². The van der Waals surface area contributed by atoms with E-state index in [1.807, 2.05) is 16.8 Å². The molecule has 0 saturated carbocycles. The number of aliphatic hydroxyl groups is 2. The summed E-state index contributed by atoms with van der Waals surface area (Å²) in [7, 11) is 0. The second-order valence-corrected chi connectivity index (χ2v) is 4.10. The third-order valence-corrected chi connectivity index (χ3v) is 3.04. The summed E-state index contributed by atoms with van der Waals surface area (Å²) in [6.07, 6.45) is 4.08. The molecule has 3 heterocycles. The van der Waals surface area contributed by atoms with Gasteiger partial charge in [-0.2, -0.15) is 0 Å². The van der Waals surface area contributed by atoms with Gasteiger partial charge in [-0.15, -0.1) is 0 Å². The molecule has 17 heavy (non-hydrogen) atoms. The van der Waals surface area contributed by atoms with Gasteiger partial charge in [0.15, 0.2) is 5.65 Å². The monoisotopic (exact) mass is 235 g/mol. The molecule has 1 fully saturated rings. The van der Waals surface area contributed by atoms with Crippen LogP contribution >= 0.6 is 0 Å². The highest BCUT2D eigenvalue weighted by molar-refractivity contribution is 5.70. The molecule has 6 heteroatoms. The van der Waals surface area contributed by atoms with Crippen LogP contribution in [0.25, 0.3) is 11.2 Å². The third-order valence-electron chi connectivity index (χ3n) is 3.04. The van der Waals surface area contributed by atoms with Gasteiger partial charge in [0, 0.05) is 25.0 Å². The Kier molecular flexibility index (Phi) is 2.54. The van der Waals surface area contributed by atoms with Crippen molar-refractivity contribution in [2.45, 2.75) is 24.9 Å². The van der Waals surface area contributed by atoms with Crippen molar-refractivity contribution in [2.75, 3.05) is 6.61 Å². The van der Waals surface area contributed by atoms with E-state index in [2.05, 4.69) is 9.97 Å². The Morgan fingerprint density at radius 1 is 1.41 bits per heavy atom. The lowest BCUT2D eigenvalue weighted by atomic mass is 10.2. The van der Waals surface area contributed by atoms with Crippen LogP contribution in [-0.4, -0.2) is 43.6 Å². The number of hydrogen-bond donors (Lipinski definition) is 2. The highest BCUT2D eigenvalue weighted by atomic mass is 16.5. The number of ether oxygens (including phenoxy) is 1. The molecule has 6 nitrogen and oxygen atoms in total. The van der Waals surface area contributed by atoms with E-state index in [-0.39, 0.29) is 12.8 Å². The Balaban J connectivity index is 1.95. The largest absolute Gasteiger partial charge is 0.394 e. The van der Waals surface area contributed by atoms with Gasteiger partial charge in [-0.3, -0.25) is 4.98 Å². The molecule has 0 radical (unpaired) electrons. The Hall–Kier alpha value is -1.50. The molecule has 0 amide bonds. The molecule has 2 aromatic heterocycles. The molecule has 0 unspecified atom stereocenters. The Morgan fingerprint density at radius 3 is 3.00 bits per heavy atom. The first-order chi connectivity index (χ1) is 8.29. The predicted octanol–water partition coefficient (Wildman–Crippen LogP) is 0.0720. The summed E-state index contributed by atoms with van der Waals surface area (Å²) in [5.41, 5.74) is 1.52. The molecule has 2 N–H and O–H groups in total. The molecular weight excluding hydrogens is 222 g/mol. The normalized spacial score (nSPS) is 28.9. The second kappa shape index (κ2) is 4.06. The minimum atomic E-state index is -0.640. The summed E-state index contributed by atoms with van der Waals surface area (Å²) in [5.74, 6) is 0. The zero-order chi connectivity index (χ0) is 11.8. The molecule has 0 bridgehead atoms. The van der Waals surface area contributed by atoms with Gasteiger partial charge in [0.1, 0.15) is 17.8 Å². The van der Waals surface area contributed by atoms with Gasteiger partial charge >= 0.3 is 0 Å². The fraction of sp³-hybridized carbons (Fsp3) is 0.455. The quantitative estimate of drug-likeness (QED) is 0.770. The molecule has 2 aromatic rings. The minimum Gasteiger partial charge on any atom is -0.394 e. The van der Waals surface area contributed by atoms with Gasteiger partial charge in [-0.25, -0.2) is 4.98 Å². The topological polar surface area (TPSA) is 80.4 Å². The summed E-state index contributed by atoms with van der Waals surface area (Å²) < 4.78 is 7.41. The van der Waals surface area contributed by atoms with Crippen molar-refractivity contribution in [1.29, 1.82) is 0 Å². The molecule has 90 valence electrons. The lowest BCUT2D eigenvalue weighted by molar-refractivity contribution is -0.0430. The maximum Gasteiger partial charge on any atom is 0.160 e. The first-order valence-electron chi connectivity index (χ1n) is 5.51. The van der Waals surface area contributed by atoms with E-state index < -0.39 is 12.2 Å². The number of fused-ring (bicyclic) bond motifs is 1. The number of aromatic nitrogens is 3. The number of hydrogen-bond acceptors (Lipinski definition) is 5. The summed E-state index contributed by atoms with van der Waals surface area (Å²) in [5, 5.41) is 18.7. The fourth-order valence-electron chi connectivity index (χ4n) is 2.16. The Labute approximate surface area is 97.5 Å².